The average Bonchev–Trinajstić information content (AvgIpc) is 2.43. The Morgan fingerprint density at radius 2 is 1.62 bits per heavy atom. The Bertz CT molecular complexity index is 899. The highest BCUT2D eigenvalue weighted by atomic mass is 35.5. The molecule has 0 saturated carbocycles. The predicted molar refractivity (Wildman–Crippen MR) is 84.6 cm³/mol. The summed E-state index contributed by atoms with van der Waals surface area (Å²) in [5, 5.41) is 23.4. The van der Waals surface area contributed by atoms with Gasteiger partial charge in [-0.1, -0.05) is 11.6 Å². The molecule has 0 aliphatic heterocycles. The highest BCUT2D eigenvalue weighted by Crippen LogP contribution is 2.48. The van der Waals surface area contributed by atoms with E-state index < -0.39 is 43.7 Å². The van der Waals surface area contributed by atoms with Crippen LogP contribution in [0.1, 0.15) is 17.0 Å². The summed E-state index contributed by atoms with van der Waals surface area (Å²) in [5.74, 6) is -0.260. The van der Waals surface area contributed by atoms with Gasteiger partial charge >= 0.3 is 17.6 Å². The third kappa shape index (κ3) is 3.79. The highest BCUT2D eigenvalue weighted by molar-refractivity contribution is 6.34. The number of hydrogen-bond acceptors (Lipinski definition) is 7. The first kappa shape index (κ1) is 19.3. The quantitative estimate of drug-likeness (QED) is 0.607. The molecule has 0 bridgehead atoms. The Balaban J connectivity index is 2.80. The number of rotatable bonds is 4. The summed E-state index contributed by atoms with van der Waals surface area (Å²) in [7, 11) is 0. The second-order valence-electron chi connectivity index (χ2n) is 5.09. The van der Waals surface area contributed by atoms with E-state index in [0.717, 1.165) is 0 Å². The van der Waals surface area contributed by atoms with Crippen LogP contribution >= 0.6 is 11.6 Å². The summed E-state index contributed by atoms with van der Waals surface area (Å²) in [6.07, 6.45) is -5.12. The molecular weight excluding hydrogens is 383 g/mol. The van der Waals surface area contributed by atoms with Crippen LogP contribution in [0.3, 0.4) is 0 Å². The van der Waals surface area contributed by atoms with Gasteiger partial charge in [-0.05, 0) is 19.9 Å². The van der Waals surface area contributed by atoms with E-state index in [9.17, 15) is 33.4 Å². The summed E-state index contributed by atoms with van der Waals surface area (Å²) in [4.78, 5) is 27.8. The van der Waals surface area contributed by atoms with E-state index in [1.807, 2.05) is 0 Å². The normalized spacial score (nSPS) is 11.3. The maximum absolute atomic E-state index is 13.0. The topological polar surface area (TPSA) is 124 Å². The summed E-state index contributed by atoms with van der Waals surface area (Å²) in [6.45, 7) is 3.14. The Labute approximate surface area is 148 Å². The van der Waals surface area contributed by atoms with Crippen molar-refractivity contribution in [3.63, 3.8) is 0 Å². The van der Waals surface area contributed by atoms with Gasteiger partial charge < -0.3 is 5.32 Å². The van der Waals surface area contributed by atoms with Gasteiger partial charge in [-0.3, -0.25) is 20.2 Å². The second kappa shape index (κ2) is 6.71. The van der Waals surface area contributed by atoms with Gasteiger partial charge in [-0.2, -0.15) is 13.2 Å². The van der Waals surface area contributed by atoms with Crippen LogP contribution in [0, 0.1) is 34.1 Å². The Hall–Kier alpha value is -3.02. The zero-order chi connectivity index (χ0) is 19.8. The van der Waals surface area contributed by atoms with E-state index in [4.69, 9.17) is 11.6 Å². The van der Waals surface area contributed by atoms with Gasteiger partial charge in [0.25, 0.3) is 0 Å². The summed E-state index contributed by atoms with van der Waals surface area (Å²) < 4.78 is 39.1. The largest absolute Gasteiger partial charge is 0.418 e. The van der Waals surface area contributed by atoms with Gasteiger partial charge in [0, 0.05) is 17.5 Å². The van der Waals surface area contributed by atoms with Crippen molar-refractivity contribution < 1.29 is 23.0 Å². The molecule has 0 radical (unpaired) electrons. The fraction of sp³-hybridized carbons (Fsp3) is 0.231. The Morgan fingerprint density at radius 3 is 2.04 bits per heavy atom. The van der Waals surface area contributed by atoms with Crippen LogP contribution in [0.4, 0.5) is 36.2 Å². The third-order valence-electron chi connectivity index (χ3n) is 3.12. The van der Waals surface area contributed by atoms with E-state index in [2.05, 4.69) is 15.3 Å². The molecule has 1 heterocycles. The average molecular weight is 392 g/mol. The molecule has 1 N–H and O–H groups in total. The molecule has 138 valence electrons. The van der Waals surface area contributed by atoms with Crippen molar-refractivity contribution >= 4 is 34.6 Å². The molecule has 0 spiro atoms. The van der Waals surface area contributed by atoms with Gasteiger partial charge in [0.1, 0.15) is 5.02 Å². The van der Waals surface area contributed by atoms with Crippen LogP contribution in [-0.4, -0.2) is 19.8 Å². The minimum absolute atomic E-state index is 0.125. The Kier molecular flexibility index (Phi) is 4.98. The minimum Gasteiger partial charge on any atom is -0.313 e. The number of aryl methyl sites for hydroxylation is 2. The van der Waals surface area contributed by atoms with Crippen LogP contribution in [0.25, 0.3) is 0 Å². The van der Waals surface area contributed by atoms with Crippen molar-refractivity contribution in [2.45, 2.75) is 20.0 Å². The SMILES string of the molecule is Cc1cc(C)nc(Nc2c([N+](=O)[O-])cc(C(F)(F)F)c(Cl)c2[N+](=O)[O-])n1. The fourth-order valence-corrected chi connectivity index (χ4v) is 2.49. The minimum atomic E-state index is -5.12. The Morgan fingerprint density at radius 1 is 1.08 bits per heavy atom. The first-order valence-electron chi connectivity index (χ1n) is 6.73. The molecule has 2 rings (SSSR count). The number of halogens is 4. The summed E-state index contributed by atoms with van der Waals surface area (Å²) in [5.41, 5.74) is -4.15. The number of nitrogens with zero attached hydrogens (tertiary/aromatic N) is 4. The van der Waals surface area contributed by atoms with Crippen molar-refractivity contribution in [2.24, 2.45) is 0 Å². The molecule has 0 saturated heterocycles. The lowest BCUT2D eigenvalue weighted by molar-refractivity contribution is -0.392. The molecule has 0 aliphatic carbocycles. The maximum Gasteiger partial charge on any atom is 0.418 e. The van der Waals surface area contributed by atoms with Crippen LogP contribution in [0.2, 0.25) is 5.02 Å². The smallest absolute Gasteiger partial charge is 0.313 e. The molecule has 0 atom stereocenters. The first-order valence-corrected chi connectivity index (χ1v) is 7.11. The standard InChI is InChI=1S/C13H9ClF3N5O4/c1-5-3-6(2)19-12(18-5)20-10-8(21(23)24)4-7(13(15,16)17)9(14)11(10)22(25)26/h3-4H,1-2H3,(H,18,19,20). The van der Waals surface area contributed by atoms with Crippen LogP contribution in [0.5, 0.6) is 0 Å². The first-order chi connectivity index (χ1) is 11.9. The fourth-order valence-electron chi connectivity index (χ4n) is 2.17. The van der Waals surface area contributed by atoms with Crippen molar-refractivity contribution in [1.82, 2.24) is 9.97 Å². The number of nitro benzene ring substituents is 2. The number of aromatic nitrogens is 2. The van der Waals surface area contributed by atoms with Gasteiger partial charge in [-0.15, -0.1) is 0 Å². The van der Waals surface area contributed by atoms with E-state index in [0.29, 0.717) is 11.4 Å². The monoisotopic (exact) mass is 391 g/mol. The molecule has 26 heavy (non-hydrogen) atoms. The van der Waals surface area contributed by atoms with Gasteiger partial charge in [0.15, 0.2) is 0 Å². The second-order valence-corrected chi connectivity index (χ2v) is 5.47. The lowest BCUT2D eigenvalue weighted by Crippen LogP contribution is -2.11. The molecule has 13 heteroatoms. The molecule has 0 fully saturated rings. The number of anilines is 2. The molecule has 2 aromatic rings. The van der Waals surface area contributed by atoms with E-state index >= 15 is 0 Å². The van der Waals surface area contributed by atoms with Gasteiger partial charge in [0.2, 0.25) is 11.6 Å². The molecular formula is C13H9ClF3N5O4. The van der Waals surface area contributed by atoms with E-state index in [1.165, 1.54) is 0 Å². The predicted octanol–water partition coefficient (Wildman–Crippen LogP) is 4.33. The number of nitrogens with one attached hydrogen (secondary N) is 1. The number of nitro groups is 2. The highest BCUT2D eigenvalue weighted by Gasteiger charge is 2.42. The lowest BCUT2D eigenvalue weighted by atomic mass is 10.1. The summed E-state index contributed by atoms with van der Waals surface area (Å²) in [6, 6.07) is 1.69. The zero-order valence-electron chi connectivity index (χ0n) is 13.1. The molecule has 0 unspecified atom stereocenters. The van der Waals surface area contributed by atoms with Gasteiger partial charge in [0.05, 0.1) is 15.4 Å². The zero-order valence-corrected chi connectivity index (χ0v) is 13.8. The van der Waals surface area contributed by atoms with Crippen molar-refractivity contribution in [3.05, 3.63) is 54.3 Å². The number of benzene rings is 1. The van der Waals surface area contributed by atoms with Gasteiger partial charge in [-0.25, -0.2) is 9.97 Å². The van der Waals surface area contributed by atoms with Crippen molar-refractivity contribution in [3.8, 4) is 0 Å². The number of hydrogen-bond donors (Lipinski definition) is 1. The molecule has 0 aliphatic rings. The molecule has 1 aromatic carbocycles. The van der Waals surface area contributed by atoms with Crippen LogP contribution in [0.15, 0.2) is 12.1 Å². The molecule has 1 aromatic heterocycles. The third-order valence-corrected chi connectivity index (χ3v) is 3.50. The van der Waals surface area contributed by atoms with Crippen LogP contribution < -0.4 is 5.32 Å². The number of alkyl halides is 3. The molecule has 9 nitrogen and oxygen atoms in total. The summed E-state index contributed by atoms with van der Waals surface area (Å²) >= 11 is 5.53. The maximum atomic E-state index is 13.0. The van der Waals surface area contributed by atoms with Crippen LogP contribution in [-0.2, 0) is 6.18 Å². The van der Waals surface area contributed by atoms with Crippen molar-refractivity contribution in [2.75, 3.05) is 5.32 Å². The van der Waals surface area contributed by atoms with E-state index in [1.54, 1.807) is 19.9 Å². The molecule has 0 amide bonds. The lowest BCUT2D eigenvalue weighted by Gasteiger charge is -2.13. The van der Waals surface area contributed by atoms with Crippen molar-refractivity contribution in [1.29, 1.82) is 0 Å². The van der Waals surface area contributed by atoms with E-state index in [-0.39, 0.29) is 12.0 Å².